The zero-order valence-corrected chi connectivity index (χ0v) is 12.4. The molecule has 0 amide bonds. The minimum absolute atomic E-state index is 0.00639. The highest BCUT2D eigenvalue weighted by Gasteiger charge is 2.25. The number of phenolic OH excluding ortho intramolecular Hbond substituents is 1. The Labute approximate surface area is 121 Å². The molecule has 2 aromatic rings. The van der Waals surface area contributed by atoms with Crippen molar-refractivity contribution in [2.45, 2.75) is 27.2 Å². The van der Waals surface area contributed by atoms with Gasteiger partial charge in [0.05, 0.1) is 18.2 Å². The van der Waals surface area contributed by atoms with Gasteiger partial charge in [-0.1, -0.05) is 20.8 Å². The first kappa shape index (κ1) is 16.9. The second kappa shape index (κ2) is 6.56. The van der Waals surface area contributed by atoms with Gasteiger partial charge >= 0.3 is 0 Å². The number of benzene rings is 2. The number of hydrogen-bond donors (Lipinski definition) is 2. The lowest BCUT2D eigenvalue weighted by atomic mass is 9.98. The van der Waals surface area contributed by atoms with E-state index >= 15 is 0 Å². The van der Waals surface area contributed by atoms with Crippen LogP contribution in [0.3, 0.4) is 0 Å². The summed E-state index contributed by atoms with van der Waals surface area (Å²) in [6, 6.07) is 1.39. The largest absolute Gasteiger partial charge is 0.505 e. The van der Waals surface area contributed by atoms with E-state index in [1.54, 1.807) is 6.92 Å². The summed E-state index contributed by atoms with van der Waals surface area (Å²) in [5.74, 6) is -5.67. The zero-order valence-electron chi connectivity index (χ0n) is 12.4. The summed E-state index contributed by atoms with van der Waals surface area (Å²) in [4.78, 5) is 0. The number of fused-ring (bicyclic) bond motifs is 1. The first-order valence-electron chi connectivity index (χ1n) is 6.58. The van der Waals surface area contributed by atoms with Gasteiger partial charge in [0.1, 0.15) is 5.75 Å². The SMILES string of the molecule is CC.CCc1cc(N)c(O)c2c(F)c(F)c(F)c(OC)c12. The van der Waals surface area contributed by atoms with Crippen LogP contribution in [0, 0.1) is 17.5 Å². The Kier molecular flexibility index (Phi) is 5.29. The molecule has 0 aliphatic carbocycles. The quantitative estimate of drug-likeness (QED) is 0.498. The number of halogens is 3. The lowest BCUT2D eigenvalue weighted by Gasteiger charge is -2.15. The normalized spacial score (nSPS) is 10.2. The minimum atomic E-state index is -1.70. The fraction of sp³-hybridized carbons (Fsp3) is 0.333. The molecule has 2 rings (SSSR count). The van der Waals surface area contributed by atoms with Crippen LogP contribution in [-0.2, 0) is 6.42 Å². The number of rotatable bonds is 2. The molecule has 0 spiro atoms. The Hall–Kier alpha value is -2.11. The van der Waals surface area contributed by atoms with Crippen molar-refractivity contribution in [3.8, 4) is 11.5 Å². The van der Waals surface area contributed by atoms with Crippen LogP contribution < -0.4 is 10.5 Å². The number of nitrogen functional groups attached to an aromatic ring is 1. The highest BCUT2D eigenvalue weighted by molar-refractivity contribution is 5.99. The van der Waals surface area contributed by atoms with Crippen LogP contribution in [-0.4, -0.2) is 12.2 Å². The monoisotopic (exact) mass is 301 g/mol. The first-order valence-corrected chi connectivity index (χ1v) is 6.58. The molecule has 21 heavy (non-hydrogen) atoms. The fourth-order valence-electron chi connectivity index (χ4n) is 2.11. The molecule has 0 aromatic heterocycles. The number of ether oxygens (including phenoxy) is 1. The third-order valence-electron chi connectivity index (χ3n) is 3.03. The zero-order chi connectivity index (χ0) is 16.3. The standard InChI is InChI=1S/C13H12F3NO2.C2H6/c1-3-5-4-6(17)12(18)8-7(5)13(19-2)11(16)10(15)9(8)14;1-2/h4,18H,3,17H2,1-2H3;1-2H3. The molecule has 3 nitrogen and oxygen atoms in total. The summed E-state index contributed by atoms with van der Waals surface area (Å²) in [6.07, 6.45) is 0.391. The highest BCUT2D eigenvalue weighted by atomic mass is 19.2. The van der Waals surface area contributed by atoms with Crippen LogP contribution in [0.4, 0.5) is 18.9 Å². The summed E-state index contributed by atoms with van der Waals surface area (Å²) in [6.45, 7) is 5.74. The summed E-state index contributed by atoms with van der Waals surface area (Å²) in [7, 11) is 1.14. The van der Waals surface area contributed by atoms with Gasteiger partial charge in [-0.05, 0) is 18.1 Å². The number of phenols is 1. The van der Waals surface area contributed by atoms with Gasteiger partial charge in [0.15, 0.2) is 17.4 Å². The van der Waals surface area contributed by atoms with Crippen molar-refractivity contribution in [1.29, 1.82) is 0 Å². The summed E-state index contributed by atoms with van der Waals surface area (Å²) in [5, 5.41) is 9.31. The van der Waals surface area contributed by atoms with Gasteiger partial charge in [-0.25, -0.2) is 8.78 Å². The van der Waals surface area contributed by atoms with Gasteiger partial charge in [-0.15, -0.1) is 0 Å². The predicted molar refractivity (Wildman–Crippen MR) is 77.2 cm³/mol. The number of aryl methyl sites for hydroxylation is 1. The molecule has 0 bridgehead atoms. The minimum Gasteiger partial charge on any atom is -0.505 e. The number of aromatic hydroxyl groups is 1. The number of methoxy groups -OCH3 is 1. The third kappa shape index (κ3) is 2.57. The van der Waals surface area contributed by atoms with Crippen molar-refractivity contribution in [3.63, 3.8) is 0 Å². The van der Waals surface area contributed by atoms with Crippen LogP contribution in [0.1, 0.15) is 26.3 Å². The molecule has 3 N–H and O–H groups in total. The lowest BCUT2D eigenvalue weighted by Crippen LogP contribution is -2.02. The van der Waals surface area contributed by atoms with Crippen LogP contribution in [0.25, 0.3) is 10.8 Å². The maximum Gasteiger partial charge on any atom is 0.204 e. The van der Waals surface area contributed by atoms with Crippen LogP contribution in [0.5, 0.6) is 11.5 Å². The van der Waals surface area contributed by atoms with Crippen LogP contribution >= 0.6 is 0 Å². The Morgan fingerprint density at radius 3 is 2.14 bits per heavy atom. The second-order valence-corrected chi connectivity index (χ2v) is 4.05. The number of anilines is 1. The molecule has 0 radical (unpaired) electrons. The van der Waals surface area contributed by atoms with E-state index in [1.165, 1.54) is 6.07 Å². The summed E-state index contributed by atoms with van der Waals surface area (Å²) >= 11 is 0. The summed E-state index contributed by atoms with van der Waals surface area (Å²) < 4.78 is 45.8. The summed E-state index contributed by atoms with van der Waals surface area (Å²) in [5.41, 5.74) is 5.89. The molecule has 0 unspecified atom stereocenters. The van der Waals surface area contributed by atoms with Crippen molar-refractivity contribution in [3.05, 3.63) is 29.1 Å². The molecule has 0 saturated carbocycles. The smallest absolute Gasteiger partial charge is 0.204 e. The second-order valence-electron chi connectivity index (χ2n) is 4.05. The molecule has 0 saturated heterocycles. The molecule has 0 aliphatic rings. The average Bonchev–Trinajstić information content (AvgIpc) is 2.50. The molecule has 0 fully saturated rings. The van der Waals surface area contributed by atoms with E-state index < -0.39 is 34.3 Å². The maximum atomic E-state index is 13.8. The Balaban J connectivity index is 0.00000106. The van der Waals surface area contributed by atoms with Crippen molar-refractivity contribution in [1.82, 2.24) is 0 Å². The van der Waals surface area contributed by atoms with E-state index in [0.29, 0.717) is 12.0 Å². The Morgan fingerprint density at radius 1 is 1.10 bits per heavy atom. The van der Waals surface area contributed by atoms with E-state index in [1.807, 2.05) is 13.8 Å². The van der Waals surface area contributed by atoms with Crippen LogP contribution in [0.2, 0.25) is 0 Å². The molecular formula is C15H18F3NO2. The number of nitrogens with two attached hydrogens (primary N) is 1. The van der Waals surface area contributed by atoms with Gasteiger partial charge in [-0.3, -0.25) is 0 Å². The average molecular weight is 301 g/mol. The topological polar surface area (TPSA) is 55.5 Å². The predicted octanol–water partition coefficient (Wildman–Crippen LogP) is 4.14. The van der Waals surface area contributed by atoms with E-state index in [4.69, 9.17) is 10.5 Å². The van der Waals surface area contributed by atoms with Gasteiger partial charge in [-0.2, -0.15) is 4.39 Å². The van der Waals surface area contributed by atoms with E-state index in [2.05, 4.69) is 0 Å². The van der Waals surface area contributed by atoms with Gasteiger partial charge < -0.3 is 15.6 Å². The molecule has 6 heteroatoms. The third-order valence-corrected chi connectivity index (χ3v) is 3.03. The van der Waals surface area contributed by atoms with E-state index in [9.17, 15) is 18.3 Å². The highest BCUT2D eigenvalue weighted by Crippen LogP contribution is 2.42. The van der Waals surface area contributed by atoms with Crippen molar-refractivity contribution >= 4 is 16.5 Å². The van der Waals surface area contributed by atoms with Gasteiger partial charge in [0, 0.05) is 5.39 Å². The molecule has 0 atom stereocenters. The Morgan fingerprint density at radius 2 is 1.67 bits per heavy atom. The van der Waals surface area contributed by atoms with Crippen molar-refractivity contribution in [2.24, 2.45) is 0 Å². The fourth-order valence-corrected chi connectivity index (χ4v) is 2.11. The van der Waals surface area contributed by atoms with E-state index in [0.717, 1.165) is 7.11 Å². The maximum absolute atomic E-state index is 13.8. The number of hydrogen-bond acceptors (Lipinski definition) is 3. The van der Waals surface area contributed by atoms with Crippen LogP contribution in [0.15, 0.2) is 6.07 Å². The Bertz CT molecular complexity index is 672. The van der Waals surface area contributed by atoms with Crippen molar-refractivity contribution in [2.75, 3.05) is 12.8 Å². The van der Waals surface area contributed by atoms with Crippen molar-refractivity contribution < 1.29 is 23.0 Å². The van der Waals surface area contributed by atoms with Gasteiger partial charge in [0.2, 0.25) is 5.82 Å². The van der Waals surface area contributed by atoms with Gasteiger partial charge in [0.25, 0.3) is 0 Å². The molecule has 2 aromatic carbocycles. The lowest BCUT2D eigenvalue weighted by molar-refractivity contribution is 0.366. The molecular weight excluding hydrogens is 283 g/mol. The molecule has 0 aliphatic heterocycles. The molecule has 0 heterocycles. The first-order chi connectivity index (χ1) is 9.93. The molecule has 116 valence electrons. The van der Waals surface area contributed by atoms with E-state index in [-0.39, 0.29) is 11.1 Å².